The molecule has 1 amide bonds. The van der Waals surface area contributed by atoms with E-state index < -0.39 is 0 Å². The summed E-state index contributed by atoms with van der Waals surface area (Å²) in [6.07, 6.45) is 0.394. The molecule has 0 saturated carbocycles. The quantitative estimate of drug-likeness (QED) is 0.630. The fourth-order valence-corrected chi connectivity index (χ4v) is 3.11. The van der Waals surface area contributed by atoms with Crippen LogP contribution in [0.5, 0.6) is 0 Å². The van der Waals surface area contributed by atoms with E-state index in [0.29, 0.717) is 24.2 Å². The van der Waals surface area contributed by atoms with Crippen molar-refractivity contribution in [1.82, 2.24) is 10.3 Å². The van der Waals surface area contributed by atoms with Crippen molar-refractivity contribution < 1.29 is 9.18 Å². The molecule has 0 radical (unpaired) electrons. The van der Waals surface area contributed by atoms with Crippen molar-refractivity contribution >= 4 is 17.3 Å². The molecule has 2 aromatic rings. The van der Waals surface area contributed by atoms with Gasteiger partial charge >= 0.3 is 0 Å². The van der Waals surface area contributed by atoms with E-state index in [0.717, 1.165) is 26.2 Å². The number of anilines is 1. The standard InChI is InChI=1S/C21H25FN4O/c1-17(18-6-5-7-19(22)16-18)23-24-21(27)10-11-25-12-14-26(15-13-25)20-8-3-2-4-9-20/h2-9,16H,10-15H2,1H3,(H,24,27)/b23-17+. The monoisotopic (exact) mass is 368 g/mol. The molecule has 1 heterocycles. The molecule has 3 rings (SSSR count). The second kappa shape index (κ2) is 9.28. The molecule has 5 nitrogen and oxygen atoms in total. The number of para-hydroxylation sites is 1. The number of benzene rings is 2. The molecule has 1 aliphatic rings. The summed E-state index contributed by atoms with van der Waals surface area (Å²) in [5.74, 6) is -0.445. The number of carbonyl (C=O) groups excluding carboxylic acids is 1. The zero-order chi connectivity index (χ0) is 19.1. The Kier molecular flexibility index (Phi) is 6.54. The fourth-order valence-electron chi connectivity index (χ4n) is 3.11. The van der Waals surface area contributed by atoms with Crippen molar-refractivity contribution in [2.75, 3.05) is 37.6 Å². The van der Waals surface area contributed by atoms with Crippen molar-refractivity contribution in [3.05, 3.63) is 66.0 Å². The van der Waals surface area contributed by atoms with E-state index in [-0.39, 0.29) is 11.7 Å². The number of piperazine rings is 1. The topological polar surface area (TPSA) is 47.9 Å². The predicted octanol–water partition coefficient (Wildman–Crippen LogP) is 2.88. The van der Waals surface area contributed by atoms with Gasteiger partial charge < -0.3 is 4.90 Å². The van der Waals surface area contributed by atoms with Gasteiger partial charge in [-0.25, -0.2) is 9.82 Å². The molecule has 1 fully saturated rings. The summed E-state index contributed by atoms with van der Waals surface area (Å²) in [6, 6.07) is 16.6. The van der Waals surface area contributed by atoms with E-state index in [1.165, 1.54) is 17.8 Å². The van der Waals surface area contributed by atoms with Gasteiger partial charge in [0.1, 0.15) is 5.82 Å². The third-order valence-corrected chi connectivity index (χ3v) is 4.74. The van der Waals surface area contributed by atoms with Crippen LogP contribution in [0.4, 0.5) is 10.1 Å². The van der Waals surface area contributed by atoms with Crippen LogP contribution < -0.4 is 10.3 Å². The molecule has 1 N–H and O–H groups in total. The molecule has 1 saturated heterocycles. The van der Waals surface area contributed by atoms with Gasteiger partial charge in [-0.15, -0.1) is 0 Å². The van der Waals surface area contributed by atoms with Gasteiger partial charge in [0.2, 0.25) is 5.91 Å². The zero-order valence-electron chi connectivity index (χ0n) is 15.6. The van der Waals surface area contributed by atoms with Crippen LogP contribution >= 0.6 is 0 Å². The summed E-state index contributed by atoms with van der Waals surface area (Å²) >= 11 is 0. The van der Waals surface area contributed by atoms with Crippen molar-refractivity contribution in [2.45, 2.75) is 13.3 Å². The third kappa shape index (κ3) is 5.62. The predicted molar refractivity (Wildman–Crippen MR) is 106 cm³/mol. The molecule has 6 heteroatoms. The average Bonchev–Trinajstić information content (AvgIpc) is 2.71. The Labute approximate surface area is 159 Å². The minimum atomic E-state index is -0.317. The van der Waals surface area contributed by atoms with Gasteiger partial charge in [-0.1, -0.05) is 30.3 Å². The maximum atomic E-state index is 13.2. The summed E-state index contributed by atoms with van der Waals surface area (Å²) in [4.78, 5) is 16.7. The molecular formula is C21H25FN4O. The number of hydrazone groups is 1. The lowest BCUT2D eigenvalue weighted by atomic mass is 10.1. The minimum absolute atomic E-state index is 0.128. The van der Waals surface area contributed by atoms with Crippen LogP contribution in [0, 0.1) is 5.82 Å². The first-order chi connectivity index (χ1) is 13.1. The molecule has 142 valence electrons. The highest BCUT2D eigenvalue weighted by Gasteiger charge is 2.17. The number of rotatable bonds is 6. The molecule has 1 aliphatic heterocycles. The summed E-state index contributed by atoms with van der Waals surface area (Å²) in [6.45, 7) is 6.26. The maximum Gasteiger partial charge on any atom is 0.241 e. The van der Waals surface area contributed by atoms with Crippen molar-refractivity contribution in [3.8, 4) is 0 Å². The Hall–Kier alpha value is -2.73. The van der Waals surface area contributed by atoms with Crippen LogP contribution in [0.2, 0.25) is 0 Å². The molecule has 0 aliphatic carbocycles. The number of nitrogens with zero attached hydrogens (tertiary/aromatic N) is 3. The highest BCUT2D eigenvalue weighted by atomic mass is 19.1. The normalized spacial score (nSPS) is 15.6. The Morgan fingerprint density at radius 3 is 2.52 bits per heavy atom. The van der Waals surface area contributed by atoms with Crippen molar-refractivity contribution in [2.24, 2.45) is 5.10 Å². The number of nitrogens with one attached hydrogen (secondary N) is 1. The summed E-state index contributed by atoms with van der Waals surface area (Å²) < 4.78 is 13.2. The van der Waals surface area contributed by atoms with Gasteiger partial charge in [-0.05, 0) is 31.2 Å². The minimum Gasteiger partial charge on any atom is -0.369 e. The number of hydrogen-bond acceptors (Lipinski definition) is 4. The highest BCUT2D eigenvalue weighted by Crippen LogP contribution is 2.15. The lowest BCUT2D eigenvalue weighted by molar-refractivity contribution is -0.121. The van der Waals surface area contributed by atoms with Gasteiger partial charge in [0.25, 0.3) is 0 Å². The summed E-state index contributed by atoms with van der Waals surface area (Å²) in [5, 5.41) is 4.07. The second-order valence-electron chi connectivity index (χ2n) is 6.66. The SMILES string of the molecule is C/C(=N\NC(=O)CCN1CCN(c2ccccc2)CC1)c1cccc(F)c1. The maximum absolute atomic E-state index is 13.2. The van der Waals surface area contributed by atoms with Crippen LogP contribution in [0.1, 0.15) is 18.9 Å². The molecule has 0 bridgehead atoms. The van der Waals surface area contributed by atoms with Gasteiger partial charge in [-0.2, -0.15) is 5.10 Å². The van der Waals surface area contributed by atoms with E-state index in [1.807, 2.05) is 6.07 Å². The molecule has 0 spiro atoms. The van der Waals surface area contributed by atoms with Crippen LogP contribution in [-0.4, -0.2) is 49.2 Å². The van der Waals surface area contributed by atoms with Gasteiger partial charge in [0, 0.05) is 50.4 Å². The molecule has 2 aromatic carbocycles. The molecule has 0 unspecified atom stereocenters. The van der Waals surface area contributed by atoms with E-state index in [9.17, 15) is 9.18 Å². The van der Waals surface area contributed by atoms with E-state index in [1.54, 1.807) is 19.1 Å². The smallest absolute Gasteiger partial charge is 0.241 e. The highest BCUT2D eigenvalue weighted by molar-refractivity contribution is 5.99. The van der Waals surface area contributed by atoms with E-state index in [2.05, 4.69) is 44.6 Å². The largest absolute Gasteiger partial charge is 0.369 e. The fraction of sp³-hybridized carbons (Fsp3) is 0.333. The Balaban J connectivity index is 1.40. The molecular weight excluding hydrogens is 343 g/mol. The first kappa shape index (κ1) is 19.0. The lowest BCUT2D eigenvalue weighted by Gasteiger charge is -2.36. The summed E-state index contributed by atoms with van der Waals surface area (Å²) in [5.41, 5.74) is 5.05. The zero-order valence-corrected chi connectivity index (χ0v) is 15.6. The number of amides is 1. The van der Waals surface area contributed by atoms with Crippen molar-refractivity contribution in [3.63, 3.8) is 0 Å². The molecule has 0 atom stereocenters. The van der Waals surface area contributed by atoms with Crippen LogP contribution in [0.15, 0.2) is 59.7 Å². The Bertz CT molecular complexity index is 786. The van der Waals surface area contributed by atoms with Crippen LogP contribution in [-0.2, 0) is 4.79 Å². The summed E-state index contributed by atoms with van der Waals surface area (Å²) in [7, 11) is 0. The Morgan fingerprint density at radius 2 is 1.81 bits per heavy atom. The van der Waals surface area contributed by atoms with E-state index >= 15 is 0 Å². The lowest BCUT2D eigenvalue weighted by Crippen LogP contribution is -2.47. The number of hydrogen-bond donors (Lipinski definition) is 1. The molecule has 0 aromatic heterocycles. The van der Waals surface area contributed by atoms with Gasteiger partial charge in [-0.3, -0.25) is 9.69 Å². The van der Waals surface area contributed by atoms with Crippen molar-refractivity contribution in [1.29, 1.82) is 0 Å². The number of halogens is 1. The van der Waals surface area contributed by atoms with E-state index in [4.69, 9.17) is 0 Å². The van der Waals surface area contributed by atoms with Gasteiger partial charge in [0.05, 0.1) is 5.71 Å². The average molecular weight is 368 g/mol. The first-order valence-corrected chi connectivity index (χ1v) is 9.23. The first-order valence-electron chi connectivity index (χ1n) is 9.23. The molecule has 27 heavy (non-hydrogen) atoms. The third-order valence-electron chi connectivity index (χ3n) is 4.74. The second-order valence-corrected chi connectivity index (χ2v) is 6.66. The Morgan fingerprint density at radius 1 is 1.07 bits per heavy atom. The van der Waals surface area contributed by atoms with Crippen LogP contribution in [0.3, 0.4) is 0 Å². The number of carbonyl (C=O) groups is 1. The van der Waals surface area contributed by atoms with Gasteiger partial charge in [0.15, 0.2) is 0 Å². The van der Waals surface area contributed by atoms with Crippen LogP contribution in [0.25, 0.3) is 0 Å².